The summed E-state index contributed by atoms with van der Waals surface area (Å²) in [4.78, 5) is 0. The zero-order valence-electron chi connectivity index (χ0n) is 18.7. The molecule has 0 bridgehead atoms. The molecule has 0 spiro atoms. The summed E-state index contributed by atoms with van der Waals surface area (Å²) in [6, 6.07) is 9.52. The Bertz CT molecular complexity index is 645. The number of benzene rings is 1. The SMILES string of the molecule is CCCCCC1CC=C(c2ccc(C3=CCC(CC(C)CC)CC3)cc2)CC1. The topological polar surface area (TPSA) is 0 Å². The number of allylic oxidation sites excluding steroid dienone is 4. The van der Waals surface area contributed by atoms with Crippen molar-refractivity contribution in [2.45, 2.75) is 97.8 Å². The van der Waals surface area contributed by atoms with Crippen LogP contribution in [0, 0.1) is 17.8 Å². The highest BCUT2D eigenvalue weighted by molar-refractivity contribution is 5.71. The van der Waals surface area contributed by atoms with Gasteiger partial charge in [0.15, 0.2) is 0 Å². The summed E-state index contributed by atoms with van der Waals surface area (Å²) in [5, 5.41) is 0. The van der Waals surface area contributed by atoms with Gasteiger partial charge in [-0.05, 0) is 85.0 Å². The Labute approximate surface area is 174 Å². The summed E-state index contributed by atoms with van der Waals surface area (Å²) in [5.41, 5.74) is 6.09. The summed E-state index contributed by atoms with van der Waals surface area (Å²) in [7, 11) is 0. The monoisotopic (exact) mass is 378 g/mol. The van der Waals surface area contributed by atoms with Crippen molar-refractivity contribution in [3.05, 3.63) is 47.5 Å². The Morgan fingerprint density at radius 3 is 1.86 bits per heavy atom. The van der Waals surface area contributed by atoms with Gasteiger partial charge in [0.25, 0.3) is 0 Å². The molecule has 0 fully saturated rings. The van der Waals surface area contributed by atoms with Crippen LogP contribution < -0.4 is 0 Å². The van der Waals surface area contributed by atoms with E-state index in [-0.39, 0.29) is 0 Å². The maximum absolute atomic E-state index is 2.54. The molecule has 0 N–H and O–H groups in total. The third kappa shape index (κ3) is 6.10. The first kappa shape index (κ1) is 21.4. The highest BCUT2D eigenvalue weighted by atomic mass is 14.2. The standard InChI is InChI=1S/C28H42/c1-4-6-7-8-23-9-13-25(14-10-23)27-17-19-28(20-18-27)26-15-11-24(12-16-26)21-22(3)5-2/h13,15,17-20,22-24H,4-12,14,16,21H2,1-3H3. The van der Waals surface area contributed by atoms with E-state index >= 15 is 0 Å². The van der Waals surface area contributed by atoms with Crippen LogP contribution in [-0.4, -0.2) is 0 Å². The first-order chi connectivity index (χ1) is 13.7. The number of rotatable bonds is 9. The molecule has 0 heteroatoms. The summed E-state index contributed by atoms with van der Waals surface area (Å²) >= 11 is 0. The van der Waals surface area contributed by atoms with Crippen LogP contribution in [0.15, 0.2) is 36.4 Å². The Balaban J connectivity index is 1.53. The average Bonchev–Trinajstić information content (AvgIpc) is 2.75. The molecule has 3 unspecified atom stereocenters. The molecular weight excluding hydrogens is 336 g/mol. The summed E-state index contributed by atoms with van der Waals surface area (Å²) in [6.45, 7) is 7.03. The van der Waals surface area contributed by atoms with E-state index in [1.165, 1.54) is 88.2 Å². The fraction of sp³-hybridized carbons (Fsp3) is 0.643. The average molecular weight is 379 g/mol. The second kappa shape index (κ2) is 11.0. The van der Waals surface area contributed by atoms with Gasteiger partial charge in [-0.25, -0.2) is 0 Å². The van der Waals surface area contributed by atoms with Gasteiger partial charge in [-0.15, -0.1) is 0 Å². The van der Waals surface area contributed by atoms with E-state index in [0.29, 0.717) is 0 Å². The van der Waals surface area contributed by atoms with Crippen molar-refractivity contribution in [1.29, 1.82) is 0 Å². The lowest BCUT2D eigenvalue weighted by Crippen LogP contribution is -2.09. The molecule has 1 aromatic carbocycles. The molecule has 3 atom stereocenters. The van der Waals surface area contributed by atoms with Gasteiger partial charge in [0.1, 0.15) is 0 Å². The van der Waals surface area contributed by atoms with Gasteiger partial charge in [0.05, 0.1) is 0 Å². The van der Waals surface area contributed by atoms with Gasteiger partial charge < -0.3 is 0 Å². The van der Waals surface area contributed by atoms with Crippen molar-refractivity contribution in [1.82, 2.24) is 0 Å². The molecule has 2 aliphatic carbocycles. The molecule has 2 aliphatic rings. The zero-order valence-corrected chi connectivity index (χ0v) is 18.7. The predicted molar refractivity (Wildman–Crippen MR) is 125 cm³/mol. The molecule has 0 radical (unpaired) electrons. The Morgan fingerprint density at radius 2 is 1.39 bits per heavy atom. The first-order valence-electron chi connectivity index (χ1n) is 12.2. The molecule has 0 nitrogen and oxygen atoms in total. The van der Waals surface area contributed by atoms with E-state index in [9.17, 15) is 0 Å². The van der Waals surface area contributed by atoms with E-state index in [2.05, 4.69) is 57.2 Å². The molecule has 0 aromatic heterocycles. The molecule has 0 saturated carbocycles. The molecule has 3 rings (SSSR count). The molecule has 0 heterocycles. The van der Waals surface area contributed by atoms with E-state index in [4.69, 9.17) is 0 Å². The van der Waals surface area contributed by atoms with Crippen LogP contribution >= 0.6 is 0 Å². The van der Waals surface area contributed by atoms with Gasteiger partial charge in [0.2, 0.25) is 0 Å². The minimum Gasteiger partial charge on any atom is -0.0804 e. The van der Waals surface area contributed by atoms with Crippen LogP contribution in [-0.2, 0) is 0 Å². The fourth-order valence-corrected chi connectivity index (χ4v) is 5.09. The summed E-state index contributed by atoms with van der Waals surface area (Å²) in [5.74, 6) is 2.73. The Kier molecular flexibility index (Phi) is 8.44. The number of hydrogen-bond donors (Lipinski definition) is 0. The van der Waals surface area contributed by atoms with Gasteiger partial charge in [-0.2, -0.15) is 0 Å². The van der Waals surface area contributed by atoms with E-state index in [0.717, 1.165) is 17.8 Å². The van der Waals surface area contributed by atoms with Crippen LogP contribution in [0.1, 0.15) is 109 Å². The quantitative estimate of drug-likeness (QED) is 0.376. The van der Waals surface area contributed by atoms with Crippen LogP contribution in [0.4, 0.5) is 0 Å². The van der Waals surface area contributed by atoms with Crippen molar-refractivity contribution >= 4 is 11.1 Å². The highest BCUT2D eigenvalue weighted by Crippen LogP contribution is 2.36. The van der Waals surface area contributed by atoms with Crippen LogP contribution in [0.5, 0.6) is 0 Å². The molecule has 0 aliphatic heterocycles. The molecule has 0 saturated heterocycles. The lowest BCUT2D eigenvalue weighted by atomic mass is 9.81. The first-order valence-corrected chi connectivity index (χ1v) is 12.2. The Morgan fingerprint density at radius 1 is 0.821 bits per heavy atom. The smallest absolute Gasteiger partial charge is 0.0227 e. The number of unbranched alkanes of at least 4 members (excludes halogenated alkanes) is 2. The van der Waals surface area contributed by atoms with Crippen molar-refractivity contribution in [2.75, 3.05) is 0 Å². The van der Waals surface area contributed by atoms with Crippen LogP contribution in [0.3, 0.4) is 0 Å². The van der Waals surface area contributed by atoms with Gasteiger partial charge in [-0.1, -0.05) is 89.3 Å². The van der Waals surface area contributed by atoms with Gasteiger partial charge in [0, 0.05) is 0 Å². The minimum absolute atomic E-state index is 0.884. The third-order valence-electron chi connectivity index (χ3n) is 7.31. The third-order valence-corrected chi connectivity index (χ3v) is 7.31. The second-order valence-electron chi connectivity index (χ2n) is 9.56. The van der Waals surface area contributed by atoms with Crippen molar-refractivity contribution in [3.8, 4) is 0 Å². The van der Waals surface area contributed by atoms with Crippen LogP contribution in [0.2, 0.25) is 0 Å². The van der Waals surface area contributed by atoms with Crippen molar-refractivity contribution in [3.63, 3.8) is 0 Å². The normalized spacial score (nSPS) is 23.8. The molecule has 0 amide bonds. The van der Waals surface area contributed by atoms with Crippen molar-refractivity contribution < 1.29 is 0 Å². The number of hydrogen-bond acceptors (Lipinski definition) is 0. The molecule has 154 valence electrons. The van der Waals surface area contributed by atoms with E-state index in [1.807, 2.05) is 0 Å². The van der Waals surface area contributed by atoms with E-state index in [1.54, 1.807) is 11.1 Å². The Hall–Kier alpha value is -1.30. The lowest BCUT2D eigenvalue weighted by molar-refractivity contribution is 0.362. The van der Waals surface area contributed by atoms with Crippen LogP contribution in [0.25, 0.3) is 11.1 Å². The maximum Gasteiger partial charge on any atom is -0.0227 e. The van der Waals surface area contributed by atoms with Crippen molar-refractivity contribution in [2.24, 2.45) is 17.8 Å². The highest BCUT2D eigenvalue weighted by Gasteiger charge is 2.18. The minimum atomic E-state index is 0.884. The maximum atomic E-state index is 2.54. The van der Waals surface area contributed by atoms with E-state index < -0.39 is 0 Å². The fourth-order valence-electron chi connectivity index (χ4n) is 5.09. The second-order valence-corrected chi connectivity index (χ2v) is 9.56. The lowest BCUT2D eigenvalue weighted by Gasteiger charge is -2.25. The summed E-state index contributed by atoms with van der Waals surface area (Å²) in [6.07, 6.45) is 21.3. The molecule has 28 heavy (non-hydrogen) atoms. The van der Waals surface area contributed by atoms with Gasteiger partial charge >= 0.3 is 0 Å². The summed E-state index contributed by atoms with van der Waals surface area (Å²) < 4.78 is 0. The molecular formula is C28H42. The molecule has 1 aromatic rings. The zero-order chi connectivity index (χ0) is 19.8. The predicted octanol–water partition coefficient (Wildman–Crippen LogP) is 9.07. The largest absolute Gasteiger partial charge is 0.0804 e. The van der Waals surface area contributed by atoms with Gasteiger partial charge in [-0.3, -0.25) is 0 Å².